The van der Waals surface area contributed by atoms with Gasteiger partial charge in [-0.2, -0.15) is 0 Å². The number of hydrogen-bond acceptors (Lipinski definition) is 3. The zero-order valence-corrected chi connectivity index (χ0v) is 11.2. The second kappa shape index (κ2) is 7.40. The topological polar surface area (TPSA) is 62.2 Å². The summed E-state index contributed by atoms with van der Waals surface area (Å²) < 4.78 is 0. The minimum atomic E-state index is -0.546. The molecule has 1 atom stereocenters. The lowest BCUT2D eigenvalue weighted by atomic mass is 10.1. The maximum Gasteiger partial charge on any atom is 0.224 e. The highest BCUT2D eigenvalue weighted by Crippen LogP contribution is 2.14. The number of nitrogens with zero attached hydrogens (tertiary/aromatic N) is 1. The summed E-state index contributed by atoms with van der Waals surface area (Å²) in [5.74, 6) is -0.0572. The van der Waals surface area contributed by atoms with E-state index in [0.717, 1.165) is 11.1 Å². The van der Waals surface area contributed by atoms with Gasteiger partial charge in [0.1, 0.15) is 0 Å². The summed E-state index contributed by atoms with van der Waals surface area (Å²) in [4.78, 5) is 15.7. The molecule has 1 aromatic heterocycles. The van der Waals surface area contributed by atoms with Crippen molar-refractivity contribution in [1.29, 1.82) is 0 Å². The highest BCUT2D eigenvalue weighted by Gasteiger charge is 2.08. The molecule has 1 heterocycles. The van der Waals surface area contributed by atoms with E-state index < -0.39 is 6.10 Å². The minimum absolute atomic E-state index is 0.0572. The van der Waals surface area contributed by atoms with Crippen molar-refractivity contribution in [1.82, 2.24) is 10.3 Å². The number of carbonyl (C=O) groups excluding carboxylic acids is 1. The molecule has 0 aliphatic carbocycles. The van der Waals surface area contributed by atoms with Crippen molar-refractivity contribution in [2.45, 2.75) is 18.9 Å². The molecule has 0 spiro atoms. The molecule has 0 saturated carbocycles. The molecule has 1 amide bonds. The van der Waals surface area contributed by atoms with Gasteiger partial charge in [0.2, 0.25) is 5.91 Å². The third-order valence-electron chi connectivity index (χ3n) is 3.01. The zero-order chi connectivity index (χ0) is 14.2. The summed E-state index contributed by atoms with van der Waals surface area (Å²) in [5, 5.41) is 12.8. The summed E-state index contributed by atoms with van der Waals surface area (Å²) in [6, 6.07) is 13.1. The lowest BCUT2D eigenvalue weighted by Gasteiger charge is -2.11. The Hall–Kier alpha value is -2.20. The van der Waals surface area contributed by atoms with Crippen molar-refractivity contribution in [3.05, 3.63) is 66.0 Å². The molecule has 1 aromatic carbocycles. The molecule has 0 aliphatic heterocycles. The normalized spacial score (nSPS) is 11.8. The molecular weight excluding hydrogens is 252 g/mol. The summed E-state index contributed by atoms with van der Waals surface area (Å²) in [7, 11) is 0. The predicted molar refractivity (Wildman–Crippen MR) is 77.0 cm³/mol. The Balaban J connectivity index is 1.72. The van der Waals surface area contributed by atoms with Crippen LogP contribution < -0.4 is 5.32 Å². The van der Waals surface area contributed by atoms with E-state index in [2.05, 4.69) is 10.3 Å². The molecule has 2 aromatic rings. The first-order valence-corrected chi connectivity index (χ1v) is 6.64. The van der Waals surface area contributed by atoms with E-state index in [1.54, 1.807) is 12.4 Å². The highest BCUT2D eigenvalue weighted by molar-refractivity contribution is 5.78. The van der Waals surface area contributed by atoms with Gasteiger partial charge in [-0.3, -0.25) is 9.78 Å². The Morgan fingerprint density at radius 1 is 1.20 bits per heavy atom. The maximum absolute atomic E-state index is 11.7. The summed E-state index contributed by atoms with van der Waals surface area (Å²) in [6.07, 6.45) is 3.63. The molecule has 0 radical (unpaired) electrons. The number of aromatic nitrogens is 1. The Labute approximate surface area is 118 Å². The van der Waals surface area contributed by atoms with Gasteiger partial charge < -0.3 is 10.4 Å². The van der Waals surface area contributed by atoms with Crippen molar-refractivity contribution in [3.8, 4) is 0 Å². The first-order chi connectivity index (χ1) is 9.75. The van der Waals surface area contributed by atoms with Crippen molar-refractivity contribution in [3.63, 3.8) is 0 Å². The summed E-state index contributed by atoms with van der Waals surface area (Å²) >= 11 is 0. The van der Waals surface area contributed by atoms with Crippen LogP contribution in [0.5, 0.6) is 0 Å². The van der Waals surface area contributed by atoms with Crippen LogP contribution in [0.3, 0.4) is 0 Å². The number of nitrogens with one attached hydrogen (secondary N) is 1. The second-order valence-electron chi connectivity index (χ2n) is 4.60. The SMILES string of the molecule is O=C(Cc1cccnc1)NCCC(O)c1ccccc1. The molecule has 0 fully saturated rings. The first-order valence-electron chi connectivity index (χ1n) is 6.64. The molecule has 20 heavy (non-hydrogen) atoms. The van der Waals surface area contributed by atoms with Gasteiger partial charge in [0.15, 0.2) is 0 Å². The van der Waals surface area contributed by atoms with Crippen LogP contribution in [0.4, 0.5) is 0 Å². The number of aliphatic hydroxyl groups is 1. The van der Waals surface area contributed by atoms with Crippen LogP contribution in [0.1, 0.15) is 23.7 Å². The predicted octanol–water partition coefficient (Wildman–Crippen LogP) is 1.86. The molecule has 0 saturated heterocycles. The third-order valence-corrected chi connectivity index (χ3v) is 3.01. The number of rotatable bonds is 6. The molecule has 2 rings (SSSR count). The monoisotopic (exact) mass is 270 g/mol. The molecule has 4 nitrogen and oxygen atoms in total. The third kappa shape index (κ3) is 4.48. The van der Waals surface area contributed by atoms with Crippen LogP contribution in [-0.2, 0) is 11.2 Å². The van der Waals surface area contributed by atoms with Gasteiger partial charge >= 0.3 is 0 Å². The fourth-order valence-corrected chi connectivity index (χ4v) is 1.94. The Morgan fingerprint density at radius 2 is 2.00 bits per heavy atom. The Bertz CT molecular complexity index is 529. The van der Waals surface area contributed by atoms with E-state index in [-0.39, 0.29) is 5.91 Å². The average molecular weight is 270 g/mol. The second-order valence-corrected chi connectivity index (χ2v) is 4.60. The molecule has 1 unspecified atom stereocenters. The zero-order valence-electron chi connectivity index (χ0n) is 11.2. The number of benzene rings is 1. The smallest absolute Gasteiger partial charge is 0.224 e. The Morgan fingerprint density at radius 3 is 2.70 bits per heavy atom. The van der Waals surface area contributed by atoms with E-state index in [1.807, 2.05) is 42.5 Å². The van der Waals surface area contributed by atoms with Gasteiger partial charge in [0, 0.05) is 18.9 Å². The average Bonchev–Trinajstić information content (AvgIpc) is 2.49. The molecule has 104 valence electrons. The van der Waals surface area contributed by atoms with Gasteiger partial charge in [-0.05, 0) is 23.6 Å². The van der Waals surface area contributed by atoms with Crippen molar-refractivity contribution < 1.29 is 9.90 Å². The van der Waals surface area contributed by atoms with Crippen molar-refractivity contribution in [2.75, 3.05) is 6.54 Å². The molecule has 0 aliphatic rings. The minimum Gasteiger partial charge on any atom is -0.388 e. The number of pyridine rings is 1. The van der Waals surface area contributed by atoms with Crippen molar-refractivity contribution >= 4 is 5.91 Å². The van der Waals surface area contributed by atoms with E-state index in [4.69, 9.17) is 0 Å². The van der Waals surface area contributed by atoms with Gasteiger partial charge in [-0.25, -0.2) is 0 Å². The molecule has 4 heteroatoms. The standard InChI is InChI=1S/C16H18N2O2/c19-15(14-6-2-1-3-7-14)8-10-18-16(20)11-13-5-4-9-17-12-13/h1-7,9,12,15,19H,8,10-11H2,(H,18,20). The lowest BCUT2D eigenvalue weighted by molar-refractivity contribution is -0.120. The van der Waals surface area contributed by atoms with Crippen molar-refractivity contribution in [2.24, 2.45) is 0 Å². The summed E-state index contributed by atoms with van der Waals surface area (Å²) in [5.41, 5.74) is 1.75. The first kappa shape index (κ1) is 14.2. The lowest BCUT2D eigenvalue weighted by Crippen LogP contribution is -2.27. The largest absolute Gasteiger partial charge is 0.388 e. The molecular formula is C16H18N2O2. The van der Waals surface area contributed by atoms with Gasteiger partial charge in [0.25, 0.3) is 0 Å². The van der Waals surface area contributed by atoms with E-state index in [1.165, 1.54) is 0 Å². The van der Waals surface area contributed by atoms with E-state index in [9.17, 15) is 9.90 Å². The van der Waals surface area contributed by atoms with Crippen LogP contribution in [-0.4, -0.2) is 22.5 Å². The fourth-order valence-electron chi connectivity index (χ4n) is 1.94. The van der Waals surface area contributed by atoms with Crippen LogP contribution in [0.15, 0.2) is 54.9 Å². The molecule has 2 N–H and O–H groups in total. The Kier molecular flexibility index (Phi) is 5.26. The van der Waals surface area contributed by atoms with Gasteiger partial charge in [-0.1, -0.05) is 36.4 Å². The van der Waals surface area contributed by atoms with E-state index in [0.29, 0.717) is 19.4 Å². The number of carbonyl (C=O) groups is 1. The number of amides is 1. The quantitative estimate of drug-likeness (QED) is 0.842. The van der Waals surface area contributed by atoms with Crippen LogP contribution >= 0.6 is 0 Å². The molecule has 0 bridgehead atoms. The van der Waals surface area contributed by atoms with Gasteiger partial charge in [0.05, 0.1) is 12.5 Å². The van der Waals surface area contributed by atoms with Gasteiger partial charge in [-0.15, -0.1) is 0 Å². The van der Waals surface area contributed by atoms with Crippen LogP contribution in [0, 0.1) is 0 Å². The summed E-state index contributed by atoms with van der Waals surface area (Å²) in [6.45, 7) is 0.454. The van der Waals surface area contributed by atoms with Crippen LogP contribution in [0.25, 0.3) is 0 Å². The highest BCUT2D eigenvalue weighted by atomic mass is 16.3. The van der Waals surface area contributed by atoms with Crippen LogP contribution in [0.2, 0.25) is 0 Å². The fraction of sp³-hybridized carbons (Fsp3) is 0.250. The number of hydrogen-bond donors (Lipinski definition) is 2. The van der Waals surface area contributed by atoms with E-state index >= 15 is 0 Å². The number of aliphatic hydroxyl groups excluding tert-OH is 1. The maximum atomic E-state index is 11.7.